The third-order valence-corrected chi connectivity index (χ3v) is 13.2. The third kappa shape index (κ3) is 7.01. The molecule has 10 heteroatoms. The van der Waals surface area contributed by atoms with Crippen molar-refractivity contribution in [1.82, 2.24) is 20.9 Å². The number of aliphatic hydroxyl groups is 1. The number of amides is 4. The van der Waals surface area contributed by atoms with Crippen LogP contribution in [0.25, 0.3) is 0 Å². The number of carbonyl (C=O) groups excluding carboxylic acids is 4. The summed E-state index contributed by atoms with van der Waals surface area (Å²) in [6.45, 7) is 6.44. The second-order valence-electron chi connectivity index (χ2n) is 17.4. The lowest BCUT2D eigenvalue weighted by molar-refractivity contribution is -0.146. The minimum atomic E-state index is -1.41. The molecular formula is C37H54N4O5S. The largest absolute Gasteiger partial charge is 0.381 e. The Morgan fingerprint density at radius 2 is 1.68 bits per heavy atom. The second-order valence-corrected chi connectivity index (χ2v) is 18.2. The van der Waals surface area contributed by atoms with Crippen molar-refractivity contribution in [2.24, 2.45) is 40.4 Å². The smallest absolute Gasteiger partial charge is 0.251 e. The van der Waals surface area contributed by atoms with Crippen LogP contribution in [0.2, 0.25) is 0 Å². The molecule has 1 aromatic rings. The van der Waals surface area contributed by atoms with E-state index in [2.05, 4.69) is 16.0 Å². The molecule has 6 aliphatic carbocycles. The van der Waals surface area contributed by atoms with E-state index in [4.69, 9.17) is 0 Å². The SMILES string of the molecule is CC(C)(C)[C@H](NC(=O)CC12CC3CC(CC(C3)C1)C2)C(=O)N1CC2CCCC2[C@H]1C(=O)N[C@@H](Cc1ccsc1)C(O)C(=O)NC1CC1. The molecular weight excluding hydrogens is 612 g/mol. The number of nitrogens with zero attached hydrogens (tertiary/aromatic N) is 1. The summed E-state index contributed by atoms with van der Waals surface area (Å²) in [6, 6.07) is -0.262. The number of hydrogen-bond donors (Lipinski definition) is 4. The van der Waals surface area contributed by atoms with Gasteiger partial charge in [0, 0.05) is 19.0 Å². The van der Waals surface area contributed by atoms with E-state index in [1.54, 1.807) is 4.90 Å². The van der Waals surface area contributed by atoms with Gasteiger partial charge in [-0.1, -0.05) is 27.2 Å². The summed E-state index contributed by atoms with van der Waals surface area (Å²) in [6.07, 6.45) is 11.4. The van der Waals surface area contributed by atoms with Gasteiger partial charge in [0.15, 0.2) is 6.10 Å². The first-order valence-electron chi connectivity index (χ1n) is 18.3. The Balaban J connectivity index is 1.08. The zero-order chi connectivity index (χ0) is 33.1. The van der Waals surface area contributed by atoms with Crippen molar-refractivity contribution in [3.8, 4) is 0 Å². The zero-order valence-electron chi connectivity index (χ0n) is 28.3. The van der Waals surface area contributed by atoms with Gasteiger partial charge >= 0.3 is 0 Å². The van der Waals surface area contributed by atoms with Gasteiger partial charge in [0.2, 0.25) is 17.7 Å². The molecule has 3 unspecified atom stereocenters. The summed E-state index contributed by atoms with van der Waals surface area (Å²) in [5, 5.41) is 24.2. The second kappa shape index (κ2) is 12.8. The Labute approximate surface area is 283 Å². The first-order valence-corrected chi connectivity index (χ1v) is 19.2. The highest BCUT2D eigenvalue weighted by Gasteiger charge is 2.54. The fourth-order valence-electron chi connectivity index (χ4n) is 10.6. The Morgan fingerprint density at radius 1 is 1.00 bits per heavy atom. The number of likely N-dealkylation sites (tertiary alicyclic amines) is 1. The highest BCUT2D eigenvalue weighted by Crippen LogP contribution is 2.61. The van der Waals surface area contributed by atoms with Crippen LogP contribution in [0, 0.1) is 40.4 Å². The van der Waals surface area contributed by atoms with Crippen LogP contribution < -0.4 is 16.0 Å². The van der Waals surface area contributed by atoms with Gasteiger partial charge < -0.3 is 26.0 Å². The highest BCUT2D eigenvalue weighted by molar-refractivity contribution is 7.07. The normalized spacial score (nSPS) is 34.4. The van der Waals surface area contributed by atoms with E-state index in [1.165, 1.54) is 30.6 Å². The van der Waals surface area contributed by atoms with E-state index < -0.39 is 35.6 Å². The average Bonchev–Trinajstić information content (AvgIpc) is 3.33. The molecule has 0 aromatic carbocycles. The summed E-state index contributed by atoms with van der Waals surface area (Å²) in [5.74, 6) is 1.45. The van der Waals surface area contributed by atoms with Crippen LogP contribution in [0.5, 0.6) is 0 Å². The number of fused-ring (bicyclic) bond motifs is 1. The molecule has 47 heavy (non-hydrogen) atoms. The van der Waals surface area contributed by atoms with Gasteiger partial charge in [0.1, 0.15) is 12.1 Å². The van der Waals surface area contributed by atoms with Gasteiger partial charge in [-0.05, 0) is 133 Å². The summed E-state index contributed by atoms with van der Waals surface area (Å²) >= 11 is 1.53. The number of nitrogens with one attached hydrogen (secondary N) is 3. The zero-order valence-corrected chi connectivity index (χ0v) is 29.2. The first-order chi connectivity index (χ1) is 22.4. The predicted molar refractivity (Wildman–Crippen MR) is 180 cm³/mol. The minimum Gasteiger partial charge on any atom is -0.381 e. The number of hydrogen-bond acceptors (Lipinski definition) is 6. The molecule has 258 valence electrons. The van der Waals surface area contributed by atoms with Crippen molar-refractivity contribution in [2.75, 3.05) is 6.54 Å². The summed E-state index contributed by atoms with van der Waals surface area (Å²) in [4.78, 5) is 57.3. The van der Waals surface area contributed by atoms with E-state index in [0.29, 0.717) is 19.4 Å². The molecule has 0 spiro atoms. The molecule has 4 N–H and O–H groups in total. The van der Waals surface area contributed by atoms with Crippen molar-refractivity contribution < 1.29 is 24.3 Å². The lowest BCUT2D eigenvalue weighted by Crippen LogP contribution is -2.61. The summed E-state index contributed by atoms with van der Waals surface area (Å²) < 4.78 is 0. The van der Waals surface area contributed by atoms with Gasteiger partial charge in [-0.2, -0.15) is 11.3 Å². The molecule has 4 amide bonds. The molecule has 6 saturated carbocycles. The topological polar surface area (TPSA) is 128 Å². The quantitative estimate of drug-likeness (QED) is 0.282. The van der Waals surface area contributed by atoms with Crippen molar-refractivity contribution in [1.29, 1.82) is 0 Å². The maximum atomic E-state index is 14.6. The molecule has 8 rings (SSSR count). The van der Waals surface area contributed by atoms with Crippen molar-refractivity contribution in [3.05, 3.63) is 22.4 Å². The molecule has 1 aromatic heterocycles. The summed E-state index contributed by atoms with van der Waals surface area (Å²) in [5.41, 5.74) is 0.457. The van der Waals surface area contributed by atoms with E-state index >= 15 is 0 Å². The van der Waals surface area contributed by atoms with Gasteiger partial charge in [0.05, 0.1) is 6.04 Å². The fraction of sp³-hybridized carbons (Fsp3) is 0.784. The number of rotatable bonds is 11. The maximum absolute atomic E-state index is 14.6. The Kier molecular flexibility index (Phi) is 8.98. The van der Waals surface area contributed by atoms with Crippen molar-refractivity contribution in [2.45, 2.75) is 135 Å². The molecule has 1 saturated heterocycles. The average molecular weight is 667 g/mol. The molecule has 7 aliphatic rings. The van der Waals surface area contributed by atoms with E-state index in [0.717, 1.165) is 74.7 Å². The first kappa shape index (κ1) is 33.1. The van der Waals surface area contributed by atoms with Crippen LogP contribution in [0.4, 0.5) is 0 Å². The lowest BCUT2D eigenvalue weighted by Gasteiger charge is -2.56. The number of carbonyl (C=O) groups is 4. The van der Waals surface area contributed by atoms with Crippen LogP contribution in [-0.2, 0) is 25.6 Å². The molecule has 4 bridgehead atoms. The van der Waals surface area contributed by atoms with E-state index in [-0.39, 0.29) is 41.0 Å². The number of thiophene rings is 1. The van der Waals surface area contributed by atoms with E-state index in [9.17, 15) is 24.3 Å². The van der Waals surface area contributed by atoms with E-state index in [1.807, 2.05) is 37.6 Å². The predicted octanol–water partition coefficient (Wildman–Crippen LogP) is 4.18. The third-order valence-electron chi connectivity index (χ3n) is 12.5. The van der Waals surface area contributed by atoms with Gasteiger partial charge in [0.25, 0.3) is 5.91 Å². The van der Waals surface area contributed by atoms with Crippen LogP contribution in [0.3, 0.4) is 0 Å². The monoisotopic (exact) mass is 666 g/mol. The molecule has 1 aliphatic heterocycles. The van der Waals surface area contributed by atoms with Crippen molar-refractivity contribution in [3.63, 3.8) is 0 Å². The highest BCUT2D eigenvalue weighted by atomic mass is 32.1. The molecule has 9 nitrogen and oxygen atoms in total. The van der Waals surface area contributed by atoms with Crippen LogP contribution in [0.15, 0.2) is 16.8 Å². The van der Waals surface area contributed by atoms with Gasteiger partial charge in [-0.3, -0.25) is 19.2 Å². The molecule has 2 heterocycles. The van der Waals surface area contributed by atoms with Crippen LogP contribution in [0.1, 0.15) is 103 Å². The standard InChI is InChI=1S/C37H54N4O5S/c1-36(2,3)32(40-29(42)18-37-15-22-11-23(16-37)13-24(12-22)17-37)35(46)41-19-25-5-4-6-27(25)30(41)33(44)39-28(14-21-9-10-47-20-21)31(43)34(45)38-26-7-8-26/h9-10,20,22-28,30-32,43H,4-8,11-19H2,1-3H3,(H,38,45)(H,39,44)(H,40,42)/t22?,23?,24?,25?,27?,28-,30-,31?,32+,37?/m0/s1. The van der Waals surface area contributed by atoms with Gasteiger partial charge in [-0.25, -0.2) is 0 Å². The van der Waals surface area contributed by atoms with Crippen molar-refractivity contribution >= 4 is 35.0 Å². The Morgan fingerprint density at radius 3 is 2.28 bits per heavy atom. The molecule has 0 radical (unpaired) electrons. The Bertz CT molecular complexity index is 1320. The molecule has 7 fully saturated rings. The Hall–Kier alpha value is -2.46. The molecule has 6 atom stereocenters. The van der Waals surface area contributed by atoms with Gasteiger partial charge in [-0.15, -0.1) is 0 Å². The van der Waals surface area contributed by atoms with Crippen LogP contribution in [-0.4, -0.2) is 70.5 Å². The fourth-order valence-corrected chi connectivity index (χ4v) is 11.3. The minimum absolute atomic E-state index is 0.0153. The maximum Gasteiger partial charge on any atom is 0.251 e. The lowest BCUT2D eigenvalue weighted by atomic mass is 9.49. The van der Waals surface area contributed by atoms with Crippen LogP contribution >= 0.6 is 11.3 Å². The summed E-state index contributed by atoms with van der Waals surface area (Å²) in [7, 11) is 0. The number of aliphatic hydroxyl groups excluding tert-OH is 1.